The quantitative estimate of drug-likeness (QED) is 0.735. The largest absolute Gasteiger partial charge is 0.482 e. The van der Waals surface area contributed by atoms with Crippen LogP contribution in [0.2, 0.25) is 0 Å². The van der Waals surface area contributed by atoms with Crippen LogP contribution in [-0.2, 0) is 14.3 Å². The molecule has 2 rings (SSSR count). The SMILES string of the molecule is C[C@H](NC(=O)COC(=O)COc1ccccc1)c1ccccc1Br. The summed E-state index contributed by atoms with van der Waals surface area (Å²) in [5.41, 5.74) is 0.949. The summed E-state index contributed by atoms with van der Waals surface area (Å²) in [5, 5.41) is 2.78. The predicted molar refractivity (Wildman–Crippen MR) is 93.6 cm³/mol. The first-order valence-corrected chi connectivity index (χ1v) is 8.23. The van der Waals surface area contributed by atoms with Crippen LogP contribution < -0.4 is 10.1 Å². The van der Waals surface area contributed by atoms with Crippen molar-refractivity contribution in [2.45, 2.75) is 13.0 Å². The summed E-state index contributed by atoms with van der Waals surface area (Å²) >= 11 is 3.44. The van der Waals surface area contributed by atoms with Gasteiger partial charge in [0.1, 0.15) is 5.75 Å². The molecule has 2 aromatic carbocycles. The fourth-order valence-electron chi connectivity index (χ4n) is 2.03. The third-order valence-electron chi connectivity index (χ3n) is 3.21. The molecule has 0 bridgehead atoms. The number of carbonyl (C=O) groups excluding carboxylic acids is 2. The van der Waals surface area contributed by atoms with E-state index in [0.717, 1.165) is 10.0 Å². The summed E-state index contributed by atoms with van der Waals surface area (Å²) < 4.78 is 11.1. The van der Waals surface area contributed by atoms with Crippen molar-refractivity contribution in [1.29, 1.82) is 0 Å². The molecule has 1 atom stereocenters. The zero-order chi connectivity index (χ0) is 17.4. The summed E-state index contributed by atoms with van der Waals surface area (Å²) in [6.45, 7) is 1.28. The zero-order valence-electron chi connectivity index (χ0n) is 13.2. The summed E-state index contributed by atoms with van der Waals surface area (Å²) in [5.74, 6) is -0.393. The van der Waals surface area contributed by atoms with Crippen LogP contribution in [0.3, 0.4) is 0 Å². The van der Waals surface area contributed by atoms with Gasteiger partial charge in [-0.25, -0.2) is 4.79 Å². The highest BCUT2D eigenvalue weighted by atomic mass is 79.9. The fourth-order valence-corrected chi connectivity index (χ4v) is 2.66. The van der Waals surface area contributed by atoms with Crippen molar-refractivity contribution in [1.82, 2.24) is 5.32 Å². The molecular formula is C18H18BrNO4. The lowest BCUT2D eigenvalue weighted by Crippen LogP contribution is -2.32. The van der Waals surface area contributed by atoms with Crippen molar-refractivity contribution < 1.29 is 19.1 Å². The van der Waals surface area contributed by atoms with Crippen LogP contribution in [0.25, 0.3) is 0 Å². The Morgan fingerprint density at radius 1 is 1.04 bits per heavy atom. The smallest absolute Gasteiger partial charge is 0.344 e. The van der Waals surface area contributed by atoms with Gasteiger partial charge in [-0.15, -0.1) is 0 Å². The number of rotatable bonds is 7. The van der Waals surface area contributed by atoms with Crippen LogP contribution in [0.15, 0.2) is 59.1 Å². The number of para-hydroxylation sites is 1. The first-order valence-electron chi connectivity index (χ1n) is 7.43. The van der Waals surface area contributed by atoms with E-state index in [0.29, 0.717) is 5.75 Å². The topological polar surface area (TPSA) is 64.6 Å². The molecule has 0 saturated carbocycles. The number of benzene rings is 2. The van der Waals surface area contributed by atoms with Crippen molar-refractivity contribution >= 4 is 27.8 Å². The van der Waals surface area contributed by atoms with Gasteiger partial charge in [0, 0.05) is 4.47 Å². The van der Waals surface area contributed by atoms with Gasteiger partial charge in [0.05, 0.1) is 6.04 Å². The Morgan fingerprint density at radius 3 is 2.42 bits per heavy atom. The third kappa shape index (κ3) is 5.70. The van der Waals surface area contributed by atoms with E-state index in [4.69, 9.17) is 9.47 Å². The van der Waals surface area contributed by atoms with Crippen molar-refractivity contribution in [2.75, 3.05) is 13.2 Å². The molecule has 0 aliphatic carbocycles. The second-order valence-electron chi connectivity index (χ2n) is 5.07. The molecule has 0 fully saturated rings. The summed E-state index contributed by atoms with van der Waals surface area (Å²) in [7, 11) is 0. The number of ether oxygens (including phenoxy) is 2. The predicted octanol–water partition coefficient (Wildman–Crippen LogP) is 3.25. The molecule has 0 aromatic heterocycles. The second kappa shape index (κ2) is 9.08. The van der Waals surface area contributed by atoms with Crippen molar-refractivity contribution in [3.8, 4) is 5.75 Å². The Labute approximate surface area is 149 Å². The van der Waals surface area contributed by atoms with Gasteiger partial charge in [0.2, 0.25) is 0 Å². The molecule has 0 spiro atoms. The standard InChI is InChI=1S/C18H18BrNO4/c1-13(15-9-5-6-10-16(15)19)20-17(21)11-24-18(22)12-23-14-7-3-2-4-8-14/h2-10,13H,11-12H2,1H3,(H,20,21)/t13-/m0/s1. The number of hydrogen-bond acceptors (Lipinski definition) is 4. The molecule has 1 amide bonds. The Bertz CT molecular complexity index is 690. The van der Waals surface area contributed by atoms with Gasteiger partial charge in [-0.1, -0.05) is 52.3 Å². The minimum atomic E-state index is -0.595. The molecule has 6 heteroatoms. The van der Waals surface area contributed by atoms with Crippen molar-refractivity contribution in [3.05, 3.63) is 64.6 Å². The molecule has 0 radical (unpaired) electrons. The number of esters is 1. The zero-order valence-corrected chi connectivity index (χ0v) is 14.8. The highest BCUT2D eigenvalue weighted by molar-refractivity contribution is 9.10. The van der Waals surface area contributed by atoms with Crippen molar-refractivity contribution in [2.24, 2.45) is 0 Å². The molecule has 0 unspecified atom stereocenters. The highest BCUT2D eigenvalue weighted by Crippen LogP contribution is 2.22. The average molecular weight is 392 g/mol. The normalized spacial score (nSPS) is 11.4. The molecular weight excluding hydrogens is 374 g/mol. The van der Waals surface area contributed by atoms with Gasteiger partial charge in [0.15, 0.2) is 13.2 Å². The minimum absolute atomic E-state index is 0.202. The lowest BCUT2D eigenvalue weighted by Gasteiger charge is -2.15. The molecule has 24 heavy (non-hydrogen) atoms. The summed E-state index contributed by atoms with van der Waals surface area (Å²) in [4.78, 5) is 23.5. The molecule has 0 aliphatic rings. The number of halogens is 1. The van der Waals surface area contributed by atoms with Gasteiger partial charge < -0.3 is 14.8 Å². The molecule has 1 N–H and O–H groups in total. The number of nitrogens with one attached hydrogen (secondary N) is 1. The first kappa shape index (κ1) is 18.0. The second-order valence-corrected chi connectivity index (χ2v) is 5.93. The molecule has 2 aromatic rings. The van der Waals surface area contributed by atoms with E-state index in [1.165, 1.54) is 0 Å². The number of amides is 1. The molecule has 0 aliphatic heterocycles. The maximum Gasteiger partial charge on any atom is 0.344 e. The number of carbonyl (C=O) groups is 2. The van der Waals surface area contributed by atoms with Gasteiger partial charge >= 0.3 is 5.97 Å². The summed E-state index contributed by atoms with van der Waals surface area (Å²) in [6, 6.07) is 16.3. The van der Waals surface area contributed by atoms with Crippen LogP contribution in [0.5, 0.6) is 5.75 Å². The van der Waals surface area contributed by atoms with E-state index < -0.39 is 5.97 Å². The van der Waals surface area contributed by atoms with E-state index in [9.17, 15) is 9.59 Å². The van der Waals surface area contributed by atoms with E-state index in [2.05, 4.69) is 21.2 Å². The maximum absolute atomic E-state index is 11.9. The number of hydrogen-bond donors (Lipinski definition) is 1. The van der Waals surface area contributed by atoms with E-state index in [1.54, 1.807) is 24.3 Å². The van der Waals surface area contributed by atoms with Crippen LogP contribution in [0.1, 0.15) is 18.5 Å². The Hall–Kier alpha value is -2.34. The van der Waals surface area contributed by atoms with Crippen LogP contribution in [0.4, 0.5) is 0 Å². The van der Waals surface area contributed by atoms with Crippen molar-refractivity contribution in [3.63, 3.8) is 0 Å². The molecule has 126 valence electrons. The third-order valence-corrected chi connectivity index (χ3v) is 3.94. The maximum atomic E-state index is 11.9. The lowest BCUT2D eigenvalue weighted by atomic mass is 10.1. The molecule has 0 heterocycles. The van der Waals surface area contributed by atoms with Gasteiger partial charge in [-0.2, -0.15) is 0 Å². The first-order chi connectivity index (χ1) is 11.6. The highest BCUT2D eigenvalue weighted by Gasteiger charge is 2.14. The van der Waals surface area contributed by atoms with Gasteiger partial charge in [-0.05, 0) is 30.7 Å². The Balaban J connectivity index is 1.72. The Morgan fingerprint density at radius 2 is 1.71 bits per heavy atom. The molecule has 0 saturated heterocycles. The lowest BCUT2D eigenvalue weighted by molar-refractivity contribution is -0.150. The van der Waals surface area contributed by atoms with E-state index in [1.807, 2.05) is 37.3 Å². The fraction of sp³-hybridized carbons (Fsp3) is 0.222. The van der Waals surface area contributed by atoms with Crippen LogP contribution in [-0.4, -0.2) is 25.1 Å². The monoisotopic (exact) mass is 391 g/mol. The van der Waals surface area contributed by atoms with Gasteiger partial charge in [-0.3, -0.25) is 4.79 Å². The minimum Gasteiger partial charge on any atom is -0.482 e. The molecule has 5 nitrogen and oxygen atoms in total. The van der Waals surface area contributed by atoms with Crippen LogP contribution in [0, 0.1) is 0 Å². The van der Waals surface area contributed by atoms with E-state index >= 15 is 0 Å². The van der Waals surface area contributed by atoms with Crippen LogP contribution >= 0.6 is 15.9 Å². The Kier molecular flexibility index (Phi) is 6.81. The average Bonchev–Trinajstić information content (AvgIpc) is 2.59. The van der Waals surface area contributed by atoms with Gasteiger partial charge in [0.25, 0.3) is 5.91 Å². The summed E-state index contributed by atoms with van der Waals surface area (Å²) in [6.07, 6.45) is 0. The van der Waals surface area contributed by atoms with E-state index in [-0.39, 0.29) is 25.2 Å².